The molecule has 1 nitrogen and oxygen atoms in total. The summed E-state index contributed by atoms with van der Waals surface area (Å²) in [6, 6.07) is 4.83. The van der Waals surface area contributed by atoms with Crippen molar-refractivity contribution in [3.05, 3.63) is 29.3 Å². The second-order valence-corrected chi connectivity index (χ2v) is 4.21. The molecule has 0 atom stereocenters. The summed E-state index contributed by atoms with van der Waals surface area (Å²) in [6.07, 6.45) is 0. The van der Waals surface area contributed by atoms with Crippen molar-refractivity contribution in [3.8, 4) is 0 Å². The van der Waals surface area contributed by atoms with Gasteiger partial charge in [-0.3, -0.25) is 0 Å². The van der Waals surface area contributed by atoms with E-state index in [-0.39, 0.29) is 5.56 Å². The van der Waals surface area contributed by atoms with Crippen LogP contribution in [0.1, 0.15) is 25.0 Å². The first-order chi connectivity index (χ1) is 6.80. The van der Waals surface area contributed by atoms with E-state index in [2.05, 4.69) is 5.32 Å². The number of aryl methyl sites for hydroxylation is 1. The lowest BCUT2D eigenvalue weighted by Crippen LogP contribution is -2.11. The van der Waals surface area contributed by atoms with Gasteiger partial charge >= 0.3 is 0 Å². The fourth-order valence-electron chi connectivity index (χ4n) is 1.38. The number of hydrogen-bond donors (Lipinski definition) is 1. The van der Waals surface area contributed by atoms with Gasteiger partial charge in [0, 0.05) is 18.2 Å². The Labute approximate surface area is 93.5 Å². The van der Waals surface area contributed by atoms with Crippen LogP contribution in [0.4, 0.5) is 14.5 Å². The number of rotatable bonds is 2. The Morgan fingerprint density at radius 3 is 2.47 bits per heavy atom. The summed E-state index contributed by atoms with van der Waals surface area (Å²) in [5.41, 5.74) is 1.21. The van der Waals surface area contributed by atoms with Crippen LogP contribution in [-0.4, -0.2) is 4.99 Å². The third-order valence-electron chi connectivity index (χ3n) is 2.03. The maximum Gasteiger partial charge on any atom is 0.270 e. The first-order valence-electron chi connectivity index (χ1n) is 4.57. The van der Waals surface area contributed by atoms with Crippen LogP contribution in [0.3, 0.4) is 0 Å². The molecule has 0 amide bonds. The second kappa shape index (κ2) is 4.23. The summed E-state index contributed by atoms with van der Waals surface area (Å²) in [7, 11) is 0. The predicted molar refractivity (Wildman–Crippen MR) is 62.6 cm³/mol. The standard InChI is InChI=1S/C11H13F2NS/c1-7-4-5-9(14-8(2)15)6-10(7)11(3,12)13/h4-6H,1-3H3,(H,14,15). The lowest BCUT2D eigenvalue weighted by Gasteiger charge is -2.15. The number of halogens is 2. The van der Waals surface area contributed by atoms with E-state index < -0.39 is 5.92 Å². The molecule has 0 aromatic heterocycles. The number of nitrogens with one attached hydrogen (secondary N) is 1. The molecule has 0 heterocycles. The van der Waals surface area contributed by atoms with Gasteiger partial charge in [0.05, 0.1) is 4.99 Å². The Kier molecular flexibility index (Phi) is 3.39. The van der Waals surface area contributed by atoms with Crippen LogP contribution in [0.2, 0.25) is 0 Å². The van der Waals surface area contributed by atoms with E-state index in [1.165, 1.54) is 6.07 Å². The summed E-state index contributed by atoms with van der Waals surface area (Å²) in [5, 5.41) is 2.84. The molecule has 0 bridgehead atoms. The third-order valence-corrected chi connectivity index (χ3v) is 2.13. The second-order valence-electron chi connectivity index (χ2n) is 3.60. The van der Waals surface area contributed by atoms with Gasteiger partial charge < -0.3 is 5.32 Å². The Balaban J connectivity index is 3.11. The minimum absolute atomic E-state index is 0.0313. The molecule has 0 unspecified atom stereocenters. The van der Waals surface area contributed by atoms with Crippen molar-refractivity contribution < 1.29 is 8.78 Å². The average Bonchev–Trinajstić information content (AvgIpc) is 2.05. The van der Waals surface area contributed by atoms with Gasteiger partial charge in [-0.25, -0.2) is 8.78 Å². The fourth-order valence-corrected chi connectivity index (χ4v) is 1.49. The van der Waals surface area contributed by atoms with Gasteiger partial charge in [-0.2, -0.15) is 0 Å². The maximum atomic E-state index is 13.2. The summed E-state index contributed by atoms with van der Waals surface area (Å²) in [4.78, 5) is 0.559. The fraction of sp³-hybridized carbons (Fsp3) is 0.364. The van der Waals surface area contributed by atoms with Crippen molar-refractivity contribution in [2.45, 2.75) is 26.7 Å². The third kappa shape index (κ3) is 3.23. The minimum atomic E-state index is -2.82. The van der Waals surface area contributed by atoms with E-state index in [4.69, 9.17) is 12.2 Å². The molecule has 1 aromatic rings. The zero-order chi connectivity index (χ0) is 11.6. The molecule has 1 rings (SSSR count). The highest BCUT2D eigenvalue weighted by Gasteiger charge is 2.26. The molecule has 0 fully saturated rings. The minimum Gasteiger partial charge on any atom is -0.350 e. The highest BCUT2D eigenvalue weighted by atomic mass is 32.1. The predicted octanol–water partition coefficient (Wildman–Crippen LogP) is 3.87. The molecule has 0 saturated heterocycles. The normalized spacial score (nSPS) is 11.3. The molecule has 1 N–H and O–H groups in total. The summed E-state index contributed by atoms with van der Waals surface area (Å²) in [5.74, 6) is -2.82. The molecule has 82 valence electrons. The van der Waals surface area contributed by atoms with Crippen molar-refractivity contribution in [1.82, 2.24) is 0 Å². The molecule has 0 saturated carbocycles. The van der Waals surface area contributed by atoms with Crippen molar-refractivity contribution >= 4 is 22.9 Å². The largest absolute Gasteiger partial charge is 0.350 e. The smallest absolute Gasteiger partial charge is 0.270 e. The summed E-state index contributed by atoms with van der Waals surface area (Å²) < 4.78 is 26.3. The molecule has 0 spiro atoms. The first-order valence-corrected chi connectivity index (χ1v) is 4.98. The van der Waals surface area contributed by atoms with Gasteiger partial charge in [0.25, 0.3) is 5.92 Å². The Morgan fingerprint density at radius 1 is 1.40 bits per heavy atom. The number of thiocarbonyl (C=S) groups is 1. The Bertz CT molecular complexity index is 383. The average molecular weight is 229 g/mol. The first kappa shape index (κ1) is 12.0. The van der Waals surface area contributed by atoms with Gasteiger partial charge in [0.1, 0.15) is 0 Å². The van der Waals surface area contributed by atoms with E-state index >= 15 is 0 Å². The summed E-state index contributed by atoms with van der Waals surface area (Å²) in [6.45, 7) is 4.27. The van der Waals surface area contributed by atoms with E-state index in [9.17, 15) is 8.78 Å². The van der Waals surface area contributed by atoms with Gasteiger partial charge in [0.2, 0.25) is 0 Å². The molecule has 0 radical (unpaired) electrons. The zero-order valence-electron chi connectivity index (χ0n) is 8.90. The van der Waals surface area contributed by atoms with Crippen LogP contribution in [0.15, 0.2) is 18.2 Å². The molecule has 0 aliphatic heterocycles. The van der Waals surface area contributed by atoms with Gasteiger partial charge in [0.15, 0.2) is 0 Å². The van der Waals surface area contributed by atoms with Crippen molar-refractivity contribution in [2.75, 3.05) is 5.32 Å². The number of benzene rings is 1. The van der Waals surface area contributed by atoms with Crippen LogP contribution < -0.4 is 5.32 Å². The SMILES string of the molecule is CC(=S)Nc1ccc(C)c(C(C)(F)F)c1. The van der Waals surface area contributed by atoms with Crippen LogP contribution in [0, 0.1) is 6.92 Å². The summed E-state index contributed by atoms with van der Waals surface area (Å²) >= 11 is 4.85. The van der Waals surface area contributed by atoms with E-state index in [0.717, 1.165) is 6.92 Å². The van der Waals surface area contributed by atoms with Crippen LogP contribution in [0.25, 0.3) is 0 Å². The lowest BCUT2D eigenvalue weighted by atomic mass is 10.0. The molecule has 4 heteroatoms. The Morgan fingerprint density at radius 2 is 2.00 bits per heavy atom. The molecule has 0 aliphatic rings. The quantitative estimate of drug-likeness (QED) is 0.773. The molecule has 15 heavy (non-hydrogen) atoms. The highest BCUT2D eigenvalue weighted by molar-refractivity contribution is 7.80. The van der Waals surface area contributed by atoms with Crippen LogP contribution in [0.5, 0.6) is 0 Å². The van der Waals surface area contributed by atoms with Crippen molar-refractivity contribution in [1.29, 1.82) is 0 Å². The molecular formula is C11H13F2NS. The van der Waals surface area contributed by atoms with Crippen molar-refractivity contribution in [3.63, 3.8) is 0 Å². The lowest BCUT2D eigenvalue weighted by molar-refractivity contribution is 0.0169. The number of anilines is 1. The number of alkyl halides is 2. The highest BCUT2D eigenvalue weighted by Crippen LogP contribution is 2.31. The van der Waals surface area contributed by atoms with Crippen LogP contribution >= 0.6 is 12.2 Å². The van der Waals surface area contributed by atoms with Gasteiger partial charge in [-0.05, 0) is 31.5 Å². The molecule has 1 aromatic carbocycles. The van der Waals surface area contributed by atoms with Crippen molar-refractivity contribution in [2.24, 2.45) is 0 Å². The zero-order valence-corrected chi connectivity index (χ0v) is 9.71. The Hall–Kier alpha value is -1.03. The molecular weight excluding hydrogens is 216 g/mol. The van der Waals surface area contributed by atoms with E-state index in [0.29, 0.717) is 16.2 Å². The van der Waals surface area contributed by atoms with Gasteiger partial charge in [-0.15, -0.1) is 0 Å². The number of hydrogen-bond acceptors (Lipinski definition) is 1. The molecule has 0 aliphatic carbocycles. The van der Waals surface area contributed by atoms with Crippen LogP contribution in [-0.2, 0) is 5.92 Å². The monoisotopic (exact) mass is 229 g/mol. The topological polar surface area (TPSA) is 12.0 Å². The van der Waals surface area contributed by atoms with E-state index in [1.807, 2.05) is 0 Å². The van der Waals surface area contributed by atoms with Gasteiger partial charge in [-0.1, -0.05) is 18.3 Å². The van der Waals surface area contributed by atoms with E-state index in [1.54, 1.807) is 26.0 Å². The maximum absolute atomic E-state index is 13.2.